The van der Waals surface area contributed by atoms with Crippen molar-refractivity contribution in [1.29, 1.82) is 0 Å². The number of pyridine rings is 1. The van der Waals surface area contributed by atoms with Gasteiger partial charge in [-0.2, -0.15) is 0 Å². The van der Waals surface area contributed by atoms with Gasteiger partial charge in [-0.15, -0.1) is 29.3 Å². The van der Waals surface area contributed by atoms with E-state index in [2.05, 4.69) is 80.5 Å². The summed E-state index contributed by atoms with van der Waals surface area (Å²) in [6.45, 7) is 5.49. The first-order valence-electron chi connectivity index (χ1n) is 29.4. The number of para-hydroxylation sites is 2. The van der Waals surface area contributed by atoms with E-state index >= 15 is 0 Å². The van der Waals surface area contributed by atoms with Crippen LogP contribution < -0.4 is 0 Å². The zero-order valence-electron chi connectivity index (χ0n) is 53.1. The summed E-state index contributed by atoms with van der Waals surface area (Å²) in [6, 6.07) is 50.8. The first kappa shape index (κ1) is 36.6. The first-order chi connectivity index (χ1) is 37.5. The fraction of sp³-hybridized carbons (Fsp3) is 0.262. The predicted molar refractivity (Wildman–Crippen MR) is 292 cm³/mol. The largest absolute Gasteiger partial charge is 0.507 e. The molecule has 9 aromatic rings. The van der Waals surface area contributed by atoms with Crippen LogP contribution in [0.4, 0.5) is 0 Å². The number of imidazole rings is 1. The van der Waals surface area contributed by atoms with Gasteiger partial charge < -0.3 is 5.11 Å². The molecule has 70 heavy (non-hydrogen) atoms. The third kappa shape index (κ3) is 9.73. The van der Waals surface area contributed by atoms with Crippen LogP contribution in [0.3, 0.4) is 0 Å². The number of phenols is 1. The Labute approximate surface area is 448 Å². The molecule has 0 saturated carbocycles. The molecule has 0 unspecified atom stereocenters. The molecule has 9 rings (SSSR count). The molecular weight excluding hydrogens is 1030 g/mol. The molecule has 0 aliphatic carbocycles. The summed E-state index contributed by atoms with van der Waals surface area (Å²) in [5.41, 5.74) is 5.91. The Kier molecular flexibility index (Phi) is 9.80. The summed E-state index contributed by atoms with van der Waals surface area (Å²) in [7, 11) is 0. The van der Waals surface area contributed by atoms with E-state index in [1.165, 1.54) is 18.3 Å². The van der Waals surface area contributed by atoms with E-state index in [-0.39, 0.29) is 48.8 Å². The average Bonchev–Trinajstić information content (AvgIpc) is 1.40. The van der Waals surface area contributed by atoms with Crippen LogP contribution in [0.2, 0.25) is 0 Å². The quantitative estimate of drug-likeness (QED) is 0.162. The maximum absolute atomic E-state index is 12.8. The van der Waals surface area contributed by atoms with Crippen LogP contribution in [0.5, 0.6) is 5.75 Å². The molecule has 7 aromatic carbocycles. The number of aromatic nitrogens is 3. The van der Waals surface area contributed by atoms with Crippen LogP contribution in [0.1, 0.15) is 127 Å². The molecule has 0 fully saturated rings. The summed E-state index contributed by atoms with van der Waals surface area (Å²) in [6.07, 6.45) is 1.42. The van der Waals surface area contributed by atoms with E-state index in [0.29, 0.717) is 50.2 Å². The maximum atomic E-state index is 12.8. The van der Waals surface area contributed by atoms with Crippen LogP contribution in [0.25, 0.3) is 83.9 Å². The summed E-state index contributed by atoms with van der Waals surface area (Å²) in [5, 5.41) is 12.8. The van der Waals surface area contributed by atoms with Crippen molar-refractivity contribution in [2.24, 2.45) is 0 Å². The zero-order valence-corrected chi connectivity index (χ0v) is 43.4. The third-order valence-electron chi connectivity index (χ3n) is 13.0. The standard InChI is InChI=1S/C65H66N3O.Pt/c1-41-40-66-56(39-52(41)44-30-32-47(33-31-44)62(2,3)4)46-34-45(35-48(36-46)63(5,6)7)50-26-21-29-57-58(50)67-61(51-27-20-28-55(60(51)69)65(11,12)13)68(57)59-53(42-22-16-14-17-23-42)37-49(64(8,9)10)38-54(59)43-24-18-15-19-25-43;/h14-33,35-40,69H,1-13H3;/q-1;/i1D3,11D3,12D3,13D3;. The van der Waals surface area contributed by atoms with Gasteiger partial charge in [0, 0.05) is 60.5 Å². The Balaban J connectivity index is 0.00000880. The van der Waals surface area contributed by atoms with Crippen LogP contribution in [0.15, 0.2) is 158 Å². The van der Waals surface area contributed by atoms with Crippen LogP contribution in [-0.4, -0.2) is 19.6 Å². The van der Waals surface area contributed by atoms with Crippen molar-refractivity contribution in [3.05, 3.63) is 192 Å². The van der Waals surface area contributed by atoms with Crippen LogP contribution >= 0.6 is 0 Å². The van der Waals surface area contributed by atoms with Gasteiger partial charge in [0.2, 0.25) is 0 Å². The molecular formula is C65H66N3OPt-. The van der Waals surface area contributed by atoms with E-state index in [4.69, 9.17) is 26.4 Å². The normalized spacial score (nSPS) is 15.6. The third-order valence-corrected chi connectivity index (χ3v) is 13.0. The van der Waals surface area contributed by atoms with Crippen molar-refractivity contribution in [2.45, 2.75) is 111 Å². The Morgan fingerprint density at radius 3 is 1.63 bits per heavy atom. The number of aryl methyl sites for hydroxylation is 1. The molecule has 0 saturated heterocycles. The molecule has 0 atom stereocenters. The minimum Gasteiger partial charge on any atom is -0.507 e. The molecule has 5 heteroatoms. The molecule has 358 valence electrons. The molecule has 2 heterocycles. The predicted octanol–water partition coefficient (Wildman–Crippen LogP) is 17.4. The number of aromatic hydroxyl groups is 1. The van der Waals surface area contributed by atoms with Gasteiger partial charge in [-0.05, 0) is 97.3 Å². The number of fused-ring (bicyclic) bond motifs is 1. The van der Waals surface area contributed by atoms with Gasteiger partial charge in [0.05, 0.1) is 22.3 Å². The van der Waals surface area contributed by atoms with E-state index in [0.717, 1.165) is 45.0 Å². The first-order valence-corrected chi connectivity index (χ1v) is 23.4. The fourth-order valence-electron chi connectivity index (χ4n) is 9.01. The van der Waals surface area contributed by atoms with Crippen molar-refractivity contribution < 1.29 is 42.6 Å². The molecule has 0 amide bonds. The molecule has 1 N–H and O–H groups in total. The van der Waals surface area contributed by atoms with E-state index in [9.17, 15) is 5.11 Å². The van der Waals surface area contributed by atoms with Crippen molar-refractivity contribution in [1.82, 2.24) is 14.5 Å². The summed E-state index contributed by atoms with van der Waals surface area (Å²) in [4.78, 5) is 10.2. The average molecular weight is 1110 g/mol. The monoisotopic (exact) mass is 1110 g/mol. The van der Waals surface area contributed by atoms with Crippen molar-refractivity contribution in [3.63, 3.8) is 0 Å². The molecule has 0 bridgehead atoms. The molecule has 0 aliphatic rings. The molecule has 0 spiro atoms. The number of hydrogen-bond acceptors (Lipinski definition) is 3. The second kappa shape index (κ2) is 18.8. The van der Waals surface area contributed by atoms with Gasteiger partial charge in [0.25, 0.3) is 0 Å². The Morgan fingerprint density at radius 1 is 0.514 bits per heavy atom. The van der Waals surface area contributed by atoms with Gasteiger partial charge in [-0.25, -0.2) is 4.98 Å². The smallest absolute Gasteiger partial charge is 0.148 e. The number of hydrogen-bond donors (Lipinski definition) is 1. The number of nitrogens with zero attached hydrogens (tertiary/aromatic N) is 3. The SMILES string of the molecule is [2H]C([2H])([2H])c1cnc(-c2[c-]c(-c3cccc4c3nc(-c3cccc(C(C([2H])([2H])[2H])(C([2H])([2H])[2H])C([2H])([2H])[2H])c3O)n4-c3c(-c4ccccc4)cc(C(C)(C)C)cc3-c3ccccc3)cc(C(C)(C)C)c2)cc1-c1ccc(C(C)(C)C)cc1.[Pt]. The molecule has 0 radical (unpaired) electrons. The van der Waals surface area contributed by atoms with Crippen LogP contribution in [0, 0.1) is 12.9 Å². The Hall–Kier alpha value is -6.35. The van der Waals surface area contributed by atoms with Crippen LogP contribution in [-0.2, 0) is 42.7 Å². The molecule has 2 aromatic heterocycles. The molecule has 0 aliphatic heterocycles. The Bertz CT molecular complexity index is 3730. The van der Waals surface area contributed by atoms with Gasteiger partial charge in [0.1, 0.15) is 11.6 Å². The summed E-state index contributed by atoms with van der Waals surface area (Å²) >= 11 is 0. The topological polar surface area (TPSA) is 50.9 Å². The van der Waals surface area contributed by atoms with Gasteiger partial charge in [0.15, 0.2) is 0 Å². The van der Waals surface area contributed by atoms with Crippen molar-refractivity contribution in [3.8, 4) is 78.6 Å². The van der Waals surface area contributed by atoms with E-state index in [1.807, 2.05) is 120 Å². The minimum atomic E-state index is -3.68. The van der Waals surface area contributed by atoms with Gasteiger partial charge in [-0.3, -0.25) is 9.55 Å². The molecule has 4 nitrogen and oxygen atoms in total. The summed E-state index contributed by atoms with van der Waals surface area (Å²) in [5.74, 6) is -0.812. The zero-order chi connectivity index (χ0) is 59.2. The number of benzene rings is 7. The Morgan fingerprint density at radius 2 is 1.06 bits per heavy atom. The van der Waals surface area contributed by atoms with Gasteiger partial charge in [-0.1, -0.05) is 209 Å². The number of rotatable bonds is 7. The van der Waals surface area contributed by atoms with Crippen molar-refractivity contribution in [2.75, 3.05) is 0 Å². The second-order valence-electron chi connectivity index (χ2n) is 21.2. The van der Waals surface area contributed by atoms with Gasteiger partial charge >= 0.3 is 0 Å². The fourth-order valence-corrected chi connectivity index (χ4v) is 9.01. The van der Waals surface area contributed by atoms with E-state index in [1.54, 1.807) is 6.07 Å². The maximum Gasteiger partial charge on any atom is 0.148 e. The van der Waals surface area contributed by atoms with Crippen molar-refractivity contribution >= 4 is 11.0 Å². The summed E-state index contributed by atoms with van der Waals surface area (Å²) < 4.78 is 106. The second-order valence-corrected chi connectivity index (χ2v) is 21.2. The van der Waals surface area contributed by atoms with E-state index < -0.39 is 49.6 Å². The minimum absolute atomic E-state index is 0. The number of phenolic OH excluding ortho intramolecular Hbond substituents is 1.